The molecule has 0 aromatic heterocycles. The van der Waals surface area contributed by atoms with E-state index < -0.39 is 0 Å². The lowest BCUT2D eigenvalue weighted by atomic mass is 9.78. The zero-order valence-corrected chi connectivity index (χ0v) is 71.0. The molecule has 12 heteroatoms. The first-order valence-electron chi connectivity index (χ1n) is 39.6. The van der Waals surface area contributed by atoms with Crippen molar-refractivity contribution < 1.29 is 28.8 Å². The van der Waals surface area contributed by atoms with Gasteiger partial charge in [-0.05, 0) is 292 Å². The highest BCUT2D eigenvalue weighted by Gasteiger charge is 2.37. The number of amides is 6. The number of allylic oxidation sites excluding steroid dienone is 13. The maximum Gasteiger partial charge on any atom is 0.224 e. The zero-order valence-electron chi connectivity index (χ0n) is 71.0. The molecule has 12 nitrogen and oxygen atoms in total. The van der Waals surface area contributed by atoms with Crippen LogP contribution in [0, 0.1) is 70.5 Å². The quantitative estimate of drug-likeness (QED) is 0.0407. The van der Waals surface area contributed by atoms with Crippen LogP contribution in [0.5, 0.6) is 0 Å². The van der Waals surface area contributed by atoms with Crippen LogP contribution in [-0.2, 0) is 28.8 Å². The second-order valence-corrected chi connectivity index (χ2v) is 37.7. The maximum absolute atomic E-state index is 12.3. The maximum atomic E-state index is 12.3. The fraction of sp³-hybridized carbons (Fsp3) is 0.775. The lowest BCUT2D eigenvalue weighted by molar-refractivity contribution is -0.128. The third-order valence-electron chi connectivity index (χ3n) is 17.7. The summed E-state index contributed by atoms with van der Waals surface area (Å²) in [5, 5.41) is 18.5. The Balaban J connectivity index is 0. The monoisotopic (exact) mass is 1410 g/mol. The van der Waals surface area contributed by atoms with Crippen molar-refractivity contribution in [3.05, 3.63) is 85.1 Å². The van der Waals surface area contributed by atoms with Gasteiger partial charge in [-0.15, -0.1) is 6.58 Å². The van der Waals surface area contributed by atoms with Gasteiger partial charge in [-0.25, -0.2) is 0 Å². The van der Waals surface area contributed by atoms with Gasteiger partial charge in [0.25, 0.3) is 0 Å². The molecule has 0 saturated heterocycles. The number of nitrogens with one attached hydrogen (secondary N) is 6. The van der Waals surface area contributed by atoms with Gasteiger partial charge in [0.1, 0.15) is 0 Å². The average Bonchev–Trinajstić information content (AvgIpc) is 1.70. The van der Waals surface area contributed by atoms with Crippen molar-refractivity contribution in [3.63, 3.8) is 0 Å². The molecule has 4 saturated carbocycles. The van der Waals surface area contributed by atoms with Gasteiger partial charge in [-0.1, -0.05) is 164 Å². The zero-order chi connectivity index (χ0) is 78.2. The minimum Gasteiger partial charge on any atom is -0.351 e. The molecular weight excluding hydrogens is 1250 g/mol. The van der Waals surface area contributed by atoms with Crippen LogP contribution in [-0.4, -0.2) is 68.7 Å². The molecule has 6 amide bonds. The van der Waals surface area contributed by atoms with Gasteiger partial charge in [0.2, 0.25) is 35.4 Å². The van der Waals surface area contributed by atoms with Crippen molar-refractivity contribution in [2.45, 2.75) is 375 Å². The highest BCUT2D eigenvalue weighted by atomic mass is 16.2. The third kappa shape index (κ3) is 57.1. The Bertz CT molecular complexity index is 2490. The van der Waals surface area contributed by atoms with E-state index in [0.717, 1.165) is 112 Å². The van der Waals surface area contributed by atoms with Crippen LogP contribution >= 0.6 is 0 Å². The van der Waals surface area contributed by atoms with Gasteiger partial charge >= 0.3 is 0 Å². The second kappa shape index (κ2) is 48.9. The van der Waals surface area contributed by atoms with E-state index in [0.29, 0.717) is 0 Å². The van der Waals surface area contributed by atoms with Crippen LogP contribution in [0.25, 0.3) is 0 Å². The van der Waals surface area contributed by atoms with E-state index in [1.165, 1.54) is 64.2 Å². The topological polar surface area (TPSA) is 175 Å². The largest absolute Gasteiger partial charge is 0.351 e. The molecule has 0 bridgehead atoms. The lowest BCUT2D eigenvalue weighted by Gasteiger charge is -2.30. The van der Waals surface area contributed by atoms with Crippen molar-refractivity contribution in [1.29, 1.82) is 0 Å². The summed E-state index contributed by atoms with van der Waals surface area (Å²) in [6, 6.07) is 0. The summed E-state index contributed by atoms with van der Waals surface area (Å²) in [5.41, 5.74) is 0.435. The first-order valence-corrected chi connectivity index (χ1v) is 39.6. The van der Waals surface area contributed by atoms with Gasteiger partial charge in [0.05, 0.1) is 0 Å². The number of carbonyl (C=O) groups excluding carboxylic acids is 6. The number of hydrogen-bond acceptors (Lipinski definition) is 6. The normalized spacial score (nSPS) is 18.7. The fourth-order valence-electron chi connectivity index (χ4n) is 12.2. The summed E-state index contributed by atoms with van der Waals surface area (Å²) in [6.45, 7) is 63.3. The van der Waals surface area contributed by atoms with Crippen molar-refractivity contribution in [2.24, 2.45) is 70.5 Å². The molecule has 4 rings (SSSR count). The van der Waals surface area contributed by atoms with Crippen LogP contribution in [0.1, 0.15) is 342 Å². The van der Waals surface area contributed by atoms with Gasteiger partial charge < -0.3 is 31.9 Å². The molecule has 6 N–H and O–H groups in total. The predicted octanol–water partition coefficient (Wildman–Crippen LogP) is 21.9. The molecule has 0 aromatic rings. The molecule has 0 spiro atoms. The Hall–Kier alpha value is -5.00. The molecule has 8 unspecified atom stereocenters. The predicted molar refractivity (Wildman–Crippen MR) is 436 cm³/mol. The van der Waals surface area contributed by atoms with Crippen molar-refractivity contribution in [1.82, 2.24) is 31.9 Å². The minimum absolute atomic E-state index is 0.00734. The van der Waals surface area contributed by atoms with Gasteiger partial charge in [-0.3, -0.25) is 28.8 Å². The number of rotatable bonds is 29. The summed E-state index contributed by atoms with van der Waals surface area (Å²) in [4.78, 5) is 73.0. The first-order chi connectivity index (χ1) is 46.4. The standard InChI is InChI=1S/C16H29NO.2C15H27NO.C15H29NO.2C14H25NO/c1-5-6-11-14(12-13-9-7-8-10-13)15(18)17-16(2,3)4;1-6-7-8-12(10-13-9-11(13)2)14(17)16-15(3,4)5;1-5-6-10-13(11-12-8-7-9-12)14(17)16-15(2,3)4;1-8-9-10-12(11-14(2,3)4)13(17)16-15(5,6)7;1-5-6-7-12(10-11-8-9-11)13(16)15-14(2,3)4;1-7-8-9-12(10-11(2)3)13(16)15-14(4,5)6/h5-6,13-14H,7-12H2,1-4H3,(H,17,18);6-7,11-13H,8-10H2,1-5H3,(H,16,17);5-6,12-13H,7-11H2,1-4H3,(H,16,17);8-9,12H,10-11H2,1-7H3,(H,16,17);5-6,11-12H,7-10H2,1-4H3,(H,15,16);7-8,12H,2,9-10H2,1,3-6H3,(H,15,16)/b6-5+;7-6+;6-5+;9-8+;6-5+;8-7+. The van der Waals surface area contributed by atoms with E-state index in [1.54, 1.807) is 0 Å². The van der Waals surface area contributed by atoms with Crippen LogP contribution in [0.4, 0.5) is 0 Å². The fourth-order valence-corrected chi connectivity index (χ4v) is 12.2. The lowest BCUT2D eigenvalue weighted by Crippen LogP contribution is -2.44. The summed E-state index contributed by atoms with van der Waals surface area (Å²) in [6.07, 6.45) is 49.0. The van der Waals surface area contributed by atoms with Crippen LogP contribution in [0.15, 0.2) is 85.1 Å². The smallest absolute Gasteiger partial charge is 0.224 e. The molecule has 584 valence electrons. The van der Waals surface area contributed by atoms with Crippen LogP contribution < -0.4 is 31.9 Å². The Morgan fingerprint density at radius 2 is 0.564 bits per heavy atom. The van der Waals surface area contributed by atoms with Gasteiger partial charge in [0, 0.05) is 68.7 Å². The highest BCUT2D eigenvalue weighted by molar-refractivity contribution is 5.82. The van der Waals surface area contributed by atoms with Crippen LogP contribution in [0.2, 0.25) is 0 Å². The summed E-state index contributed by atoms with van der Waals surface area (Å²) in [7, 11) is 0. The average molecular weight is 1410 g/mol. The minimum atomic E-state index is -0.166. The first kappa shape index (κ1) is 98.1. The number of hydrogen-bond donors (Lipinski definition) is 6. The Morgan fingerprint density at radius 3 is 0.772 bits per heavy atom. The van der Waals surface area contributed by atoms with E-state index in [2.05, 4.69) is 96.6 Å². The van der Waals surface area contributed by atoms with Gasteiger partial charge in [-0.2, -0.15) is 0 Å². The van der Waals surface area contributed by atoms with E-state index >= 15 is 0 Å². The van der Waals surface area contributed by atoms with E-state index in [-0.39, 0.29) is 110 Å². The van der Waals surface area contributed by atoms with E-state index in [9.17, 15) is 28.8 Å². The molecule has 4 aliphatic carbocycles. The Labute approximate surface area is 623 Å². The Morgan fingerprint density at radius 1 is 0.347 bits per heavy atom. The van der Waals surface area contributed by atoms with Crippen LogP contribution in [0.3, 0.4) is 0 Å². The highest BCUT2D eigenvalue weighted by Crippen LogP contribution is 2.43. The molecule has 0 aliphatic heterocycles. The molecule has 4 aliphatic rings. The summed E-state index contributed by atoms with van der Waals surface area (Å²) >= 11 is 0. The summed E-state index contributed by atoms with van der Waals surface area (Å²) in [5.74, 6) is 5.87. The Kier molecular flexibility index (Phi) is 47.5. The summed E-state index contributed by atoms with van der Waals surface area (Å²) < 4.78 is 0. The second-order valence-electron chi connectivity index (χ2n) is 37.7. The van der Waals surface area contributed by atoms with Crippen molar-refractivity contribution >= 4 is 35.4 Å². The van der Waals surface area contributed by atoms with Crippen molar-refractivity contribution in [2.75, 3.05) is 0 Å². The molecule has 8 atom stereocenters. The molecule has 0 heterocycles. The molecule has 0 radical (unpaired) electrons. The van der Waals surface area contributed by atoms with Gasteiger partial charge in [0.15, 0.2) is 0 Å². The molecule has 4 fully saturated rings. The van der Waals surface area contributed by atoms with Crippen molar-refractivity contribution in [3.8, 4) is 0 Å². The van der Waals surface area contributed by atoms with E-state index in [4.69, 9.17) is 0 Å². The molecular formula is C89H162N6O6. The number of carbonyl (C=O) groups is 6. The SMILES string of the molecule is C/C=C/CC(CC(C)(C)C)C(=O)NC(C)(C)C.C/C=C/CC(CC1CC1)C(=O)NC(C)(C)C.C/C=C/CC(CC1CC1C)C(=O)NC(C)(C)C.C/C=C/CC(CC1CCC1)C(=O)NC(C)(C)C.C/C=C/CC(CC1CCCC1)C(=O)NC(C)(C)C.C=C(C)CC(C/C=C/C)C(=O)NC(C)(C)C. The third-order valence-corrected chi connectivity index (χ3v) is 17.7. The molecule has 0 aromatic carbocycles. The molecule has 101 heavy (non-hydrogen) atoms. The van der Waals surface area contributed by atoms with E-state index in [1.807, 2.05) is 216 Å².